The lowest BCUT2D eigenvalue weighted by atomic mass is 9.96. The number of hydrogen-bond acceptors (Lipinski definition) is 5. The summed E-state index contributed by atoms with van der Waals surface area (Å²) in [7, 11) is 0. The van der Waals surface area contributed by atoms with E-state index < -0.39 is 22.9 Å². The van der Waals surface area contributed by atoms with Gasteiger partial charge in [-0.25, -0.2) is 0 Å². The predicted octanol–water partition coefficient (Wildman–Crippen LogP) is 5.27. The summed E-state index contributed by atoms with van der Waals surface area (Å²) < 4.78 is 40.1. The van der Waals surface area contributed by atoms with Crippen LogP contribution in [0.2, 0.25) is 10.0 Å². The largest absolute Gasteiger partial charge is 0.507 e. The lowest BCUT2D eigenvalue weighted by molar-refractivity contribution is -0.137. The number of carbonyl (C=O) groups is 1. The Labute approximate surface area is 231 Å². The van der Waals surface area contributed by atoms with Crippen molar-refractivity contribution in [3.63, 3.8) is 0 Å². The van der Waals surface area contributed by atoms with Crippen molar-refractivity contribution >= 4 is 29.1 Å². The zero-order valence-corrected chi connectivity index (χ0v) is 21.9. The molecule has 0 unspecified atom stereocenters. The van der Waals surface area contributed by atoms with Gasteiger partial charge < -0.3 is 20.7 Å². The number of piperidine rings is 1. The average molecular weight is 579 g/mol. The van der Waals surface area contributed by atoms with Crippen LogP contribution < -0.4 is 16.2 Å². The molecule has 4 rings (SSSR count). The second-order valence-corrected chi connectivity index (χ2v) is 9.98. The summed E-state index contributed by atoms with van der Waals surface area (Å²) in [5, 5.41) is 26.8. The summed E-state index contributed by atoms with van der Waals surface area (Å²) in [5.74, 6) is -0.395. The molecule has 1 aliphatic rings. The van der Waals surface area contributed by atoms with E-state index in [0.29, 0.717) is 5.56 Å². The van der Waals surface area contributed by atoms with Crippen molar-refractivity contribution in [1.82, 2.24) is 15.6 Å². The van der Waals surface area contributed by atoms with Gasteiger partial charge in [-0.1, -0.05) is 23.2 Å². The molecule has 3 aromatic rings. The Kier molecular flexibility index (Phi) is 8.54. The van der Waals surface area contributed by atoms with Crippen molar-refractivity contribution in [2.24, 2.45) is 5.92 Å². The van der Waals surface area contributed by atoms with Crippen LogP contribution in [0.25, 0.3) is 22.4 Å². The van der Waals surface area contributed by atoms with Gasteiger partial charge in [-0.05, 0) is 74.3 Å². The highest BCUT2D eigenvalue weighted by Crippen LogP contribution is 2.39. The van der Waals surface area contributed by atoms with Crippen LogP contribution in [0.15, 0.2) is 41.2 Å². The van der Waals surface area contributed by atoms with E-state index in [4.69, 9.17) is 23.2 Å². The van der Waals surface area contributed by atoms with Crippen LogP contribution in [0, 0.1) is 17.2 Å². The van der Waals surface area contributed by atoms with Crippen molar-refractivity contribution in [3.05, 3.63) is 73.5 Å². The van der Waals surface area contributed by atoms with Crippen molar-refractivity contribution in [1.29, 1.82) is 5.26 Å². The van der Waals surface area contributed by atoms with Gasteiger partial charge in [0.15, 0.2) is 0 Å². The van der Waals surface area contributed by atoms with Gasteiger partial charge in [0.05, 0.1) is 11.3 Å². The average Bonchev–Trinajstić information content (AvgIpc) is 2.90. The molecule has 4 N–H and O–H groups in total. The van der Waals surface area contributed by atoms with Gasteiger partial charge in [0.2, 0.25) is 5.91 Å². The Morgan fingerprint density at radius 1 is 1.10 bits per heavy atom. The van der Waals surface area contributed by atoms with Gasteiger partial charge in [0, 0.05) is 39.2 Å². The number of amides is 1. The minimum atomic E-state index is -4.68. The Morgan fingerprint density at radius 2 is 1.82 bits per heavy atom. The number of hydrogen-bond donors (Lipinski definition) is 4. The second-order valence-electron chi connectivity index (χ2n) is 9.13. The number of benzene rings is 2. The SMILES string of the molecule is N#Cc1c(-c2cc(C(F)(F)F)ccc2Cl)cc(-c2cc(Cl)cc(CCNC(=O)C3CCNCC3)c2O)[nH]c1=O. The minimum Gasteiger partial charge on any atom is -0.507 e. The number of phenolic OH excluding ortho intramolecular Hbond substituents is 1. The number of nitrogens with zero attached hydrogens (tertiary/aromatic N) is 1. The van der Waals surface area contributed by atoms with E-state index in [1.165, 1.54) is 18.2 Å². The summed E-state index contributed by atoms with van der Waals surface area (Å²) in [6.45, 7) is 1.77. The number of aromatic hydroxyl groups is 1. The number of nitrogens with one attached hydrogen (secondary N) is 3. The molecule has 7 nitrogen and oxygen atoms in total. The first kappa shape index (κ1) is 28.5. The van der Waals surface area contributed by atoms with Gasteiger partial charge >= 0.3 is 6.18 Å². The molecule has 2 aromatic carbocycles. The molecule has 0 atom stereocenters. The molecule has 0 bridgehead atoms. The normalized spacial score (nSPS) is 14.2. The van der Waals surface area contributed by atoms with Crippen LogP contribution in [0.3, 0.4) is 0 Å². The number of pyridine rings is 1. The van der Waals surface area contributed by atoms with E-state index in [0.717, 1.165) is 44.1 Å². The highest BCUT2D eigenvalue weighted by atomic mass is 35.5. The molecule has 204 valence electrons. The third kappa shape index (κ3) is 6.38. The number of rotatable bonds is 6. The number of nitriles is 1. The van der Waals surface area contributed by atoms with Crippen molar-refractivity contribution in [2.75, 3.05) is 19.6 Å². The molecular formula is C27H23Cl2F3N4O3. The summed E-state index contributed by atoms with van der Waals surface area (Å²) in [4.78, 5) is 27.7. The number of aromatic nitrogens is 1. The van der Waals surface area contributed by atoms with Gasteiger partial charge in [0.1, 0.15) is 17.4 Å². The predicted molar refractivity (Wildman–Crippen MR) is 142 cm³/mol. The first-order valence-electron chi connectivity index (χ1n) is 12.0. The Bertz CT molecular complexity index is 1510. The molecule has 2 heterocycles. The molecule has 0 saturated carbocycles. The van der Waals surface area contributed by atoms with E-state index in [2.05, 4.69) is 15.6 Å². The van der Waals surface area contributed by atoms with Gasteiger partial charge in [0.25, 0.3) is 5.56 Å². The maximum Gasteiger partial charge on any atom is 0.416 e. The van der Waals surface area contributed by atoms with Crippen LogP contribution in [0.4, 0.5) is 13.2 Å². The number of carbonyl (C=O) groups excluding carboxylic acids is 1. The van der Waals surface area contributed by atoms with Crippen molar-refractivity contribution in [3.8, 4) is 34.2 Å². The molecule has 0 radical (unpaired) electrons. The number of phenols is 1. The van der Waals surface area contributed by atoms with E-state index >= 15 is 0 Å². The van der Waals surface area contributed by atoms with E-state index in [-0.39, 0.29) is 63.0 Å². The number of H-pyrrole nitrogens is 1. The highest BCUT2D eigenvalue weighted by molar-refractivity contribution is 6.33. The molecular weight excluding hydrogens is 556 g/mol. The summed E-state index contributed by atoms with van der Waals surface area (Å²) in [6.07, 6.45) is -2.98. The maximum absolute atomic E-state index is 13.4. The van der Waals surface area contributed by atoms with Crippen molar-refractivity contribution < 1.29 is 23.1 Å². The fourth-order valence-corrected chi connectivity index (χ4v) is 5.00. The minimum absolute atomic E-state index is 0.0162. The summed E-state index contributed by atoms with van der Waals surface area (Å²) in [6, 6.07) is 8.47. The number of halogens is 5. The first-order valence-corrected chi connectivity index (χ1v) is 12.8. The fourth-order valence-electron chi connectivity index (χ4n) is 4.54. The van der Waals surface area contributed by atoms with Gasteiger partial charge in [-0.3, -0.25) is 9.59 Å². The Morgan fingerprint density at radius 3 is 2.49 bits per heavy atom. The molecule has 1 amide bonds. The van der Waals surface area contributed by atoms with E-state index in [1.807, 2.05) is 0 Å². The third-order valence-corrected chi connectivity index (χ3v) is 7.12. The lowest BCUT2D eigenvalue weighted by Crippen LogP contribution is -2.38. The lowest BCUT2D eigenvalue weighted by Gasteiger charge is -2.21. The molecule has 1 aromatic heterocycles. The molecule has 0 spiro atoms. The van der Waals surface area contributed by atoms with Crippen LogP contribution in [-0.4, -0.2) is 35.6 Å². The molecule has 1 fully saturated rings. The standard InChI is InChI=1S/C27H23Cl2F3N4O3/c28-17-9-15(5-8-35-25(38)14-3-6-34-7-4-14)24(37)20(11-17)23-12-18(21(13-33)26(39)36-23)19-10-16(27(30,31)32)1-2-22(19)29/h1-2,9-12,14,34,37H,3-8H2,(H,35,38)(H,36,39). The molecule has 39 heavy (non-hydrogen) atoms. The number of aromatic amines is 1. The zero-order chi connectivity index (χ0) is 28.3. The summed E-state index contributed by atoms with van der Waals surface area (Å²) in [5.41, 5.74) is -2.15. The third-order valence-electron chi connectivity index (χ3n) is 6.58. The monoisotopic (exact) mass is 578 g/mol. The van der Waals surface area contributed by atoms with Crippen LogP contribution in [-0.2, 0) is 17.4 Å². The summed E-state index contributed by atoms with van der Waals surface area (Å²) >= 11 is 12.5. The highest BCUT2D eigenvalue weighted by Gasteiger charge is 2.31. The smallest absolute Gasteiger partial charge is 0.416 e. The quantitative estimate of drug-likeness (QED) is 0.318. The molecule has 1 aliphatic heterocycles. The Hall–Kier alpha value is -3.52. The van der Waals surface area contributed by atoms with Gasteiger partial charge in [-0.2, -0.15) is 18.4 Å². The molecule has 1 saturated heterocycles. The number of alkyl halides is 3. The van der Waals surface area contributed by atoms with Crippen molar-refractivity contribution in [2.45, 2.75) is 25.4 Å². The van der Waals surface area contributed by atoms with Crippen LogP contribution in [0.1, 0.15) is 29.5 Å². The topological polar surface area (TPSA) is 118 Å². The fraction of sp³-hybridized carbons (Fsp3) is 0.296. The van der Waals surface area contributed by atoms with E-state index in [1.54, 1.807) is 6.07 Å². The molecule has 12 heteroatoms. The van der Waals surface area contributed by atoms with Gasteiger partial charge in [-0.15, -0.1) is 0 Å². The second kappa shape index (κ2) is 11.7. The maximum atomic E-state index is 13.4. The Balaban J connectivity index is 1.70. The van der Waals surface area contributed by atoms with Crippen LogP contribution >= 0.6 is 23.2 Å². The molecule has 0 aliphatic carbocycles. The van der Waals surface area contributed by atoms with Crippen LogP contribution in [0.5, 0.6) is 5.75 Å². The van der Waals surface area contributed by atoms with E-state index in [9.17, 15) is 33.1 Å². The zero-order valence-electron chi connectivity index (χ0n) is 20.4. The first-order chi connectivity index (χ1) is 18.5.